The lowest BCUT2D eigenvalue weighted by Crippen LogP contribution is -2.49. The quantitative estimate of drug-likeness (QED) is 0.396. The first kappa shape index (κ1) is 24.8. The van der Waals surface area contributed by atoms with Crippen LogP contribution in [-0.2, 0) is 4.79 Å². The van der Waals surface area contributed by atoms with Crippen molar-refractivity contribution in [1.29, 1.82) is 0 Å². The van der Waals surface area contributed by atoms with E-state index in [1.165, 1.54) is 6.08 Å². The molecule has 1 saturated heterocycles. The lowest BCUT2D eigenvalue weighted by Gasteiger charge is -2.37. The molecule has 3 aromatic carbocycles. The van der Waals surface area contributed by atoms with Crippen LogP contribution in [0.4, 0.5) is 11.4 Å². The van der Waals surface area contributed by atoms with Crippen LogP contribution in [0.15, 0.2) is 77.3 Å². The molecule has 0 unspecified atom stereocenters. The van der Waals surface area contributed by atoms with Gasteiger partial charge in [-0.1, -0.05) is 39.7 Å². The Kier molecular flexibility index (Phi) is 8.10. The molecule has 0 radical (unpaired) electrons. The standard InChI is InChI=1S/C27H25BrClN3O3/c1-35-25-12-9-21(28)18-20(25)8-13-26(33)30-23-4-2-3-5-24(23)31-14-16-32(17-15-31)27(34)19-6-10-22(29)11-7-19/h2-13,18H,14-17H2,1H3,(H,30,33)/b13-8+. The summed E-state index contributed by atoms with van der Waals surface area (Å²) in [7, 11) is 1.60. The third-order valence-corrected chi connectivity index (χ3v) is 6.51. The number of benzene rings is 3. The maximum absolute atomic E-state index is 12.8. The van der Waals surface area contributed by atoms with Crippen molar-refractivity contribution in [3.8, 4) is 5.75 Å². The minimum atomic E-state index is -0.240. The van der Waals surface area contributed by atoms with Crippen LogP contribution in [0, 0.1) is 0 Å². The number of amides is 2. The summed E-state index contributed by atoms with van der Waals surface area (Å²) in [5.74, 6) is 0.440. The normalized spacial score (nSPS) is 13.7. The molecule has 0 atom stereocenters. The molecule has 1 fully saturated rings. The van der Waals surface area contributed by atoms with E-state index in [0.29, 0.717) is 42.5 Å². The van der Waals surface area contributed by atoms with Crippen molar-refractivity contribution in [2.24, 2.45) is 0 Å². The first-order valence-electron chi connectivity index (χ1n) is 11.2. The zero-order chi connectivity index (χ0) is 24.8. The Labute approximate surface area is 218 Å². The number of hydrogen-bond donors (Lipinski definition) is 1. The molecule has 1 heterocycles. The molecule has 35 heavy (non-hydrogen) atoms. The summed E-state index contributed by atoms with van der Waals surface area (Å²) >= 11 is 9.38. The van der Waals surface area contributed by atoms with E-state index in [0.717, 1.165) is 21.4 Å². The molecule has 180 valence electrons. The summed E-state index contributed by atoms with van der Waals surface area (Å²) in [4.78, 5) is 29.5. The average molecular weight is 555 g/mol. The number of para-hydroxylation sites is 2. The molecular formula is C27H25BrClN3O3. The Morgan fingerprint density at radius 3 is 2.43 bits per heavy atom. The molecule has 1 aliphatic rings. The van der Waals surface area contributed by atoms with E-state index >= 15 is 0 Å². The van der Waals surface area contributed by atoms with Gasteiger partial charge in [-0.3, -0.25) is 9.59 Å². The number of carbonyl (C=O) groups is 2. The lowest BCUT2D eigenvalue weighted by atomic mass is 10.1. The number of methoxy groups -OCH3 is 1. The van der Waals surface area contributed by atoms with E-state index < -0.39 is 0 Å². The summed E-state index contributed by atoms with van der Waals surface area (Å²) in [5, 5.41) is 3.59. The van der Waals surface area contributed by atoms with E-state index in [2.05, 4.69) is 26.1 Å². The van der Waals surface area contributed by atoms with Crippen molar-refractivity contribution < 1.29 is 14.3 Å². The van der Waals surface area contributed by atoms with Gasteiger partial charge in [0, 0.05) is 52.9 Å². The molecule has 3 aromatic rings. The Bertz CT molecular complexity index is 1240. The van der Waals surface area contributed by atoms with Gasteiger partial charge in [0.1, 0.15) is 5.75 Å². The molecule has 0 bridgehead atoms. The summed E-state index contributed by atoms with van der Waals surface area (Å²) in [6.45, 7) is 2.51. The number of rotatable bonds is 6. The van der Waals surface area contributed by atoms with Gasteiger partial charge in [-0.05, 0) is 60.7 Å². The van der Waals surface area contributed by atoms with Crippen LogP contribution >= 0.6 is 27.5 Å². The highest BCUT2D eigenvalue weighted by Gasteiger charge is 2.23. The third kappa shape index (κ3) is 6.24. The smallest absolute Gasteiger partial charge is 0.253 e. The van der Waals surface area contributed by atoms with Crippen molar-refractivity contribution in [3.63, 3.8) is 0 Å². The summed E-state index contributed by atoms with van der Waals surface area (Å²) in [5.41, 5.74) is 3.07. The number of carbonyl (C=O) groups excluding carboxylic acids is 2. The van der Waals surface area contributed by atoms with E-state index in [1.807, 2.05) is 47.4 Å². The highest BCUT2D eigenvalue weighted by molar-refractivity contribution is 9.10. The van der Waals surface area contributed by atoms with Crippen molar-refractivity contribution in [2.45, 2.75) is 0 Å². The van der Waals surface area contributed by atoms with Gasteiger partial charge >= 0.3 is 0 Å². The predicted octanol–water partition coefficient (Wildman–Crippen LogP) is 5.73. The van der Waals surface area contributed by atoms with E-state index in [9.17, 15) is 9.59 Å². The van der Waals surface area contributed by atoms with Gasteiger partial charge in [0.05, 0.1) is 18.5 Å². The monoisotopic (exact) mass is 553 g/mol. The van der Waals surface area contributed by atoms with Crippen molar-refractivity contribution >= 4 is 56.8 Å². The predicted molar refractivity (Wildman–Crippen MR) is 144 cm³/mol. The summed E-state index contributed by atoms with van der Waals surface area (Å²) in [6.07, 6.45) is 3.21. The molecule has 0 spiro atoms. The van der Waals surface area contributed by atoms with Crippen molar-refractivity contribution in [2.75, 3.05) is 43.5 Å². The average Bonchev–Trinajstić information content (AvgIpc) is 2.88. The minimum Gasteiger partial charge on any atom is -0.496 e. The Morgan fingerprint density at radius 2 is 1.71 bits per heavy atom. The number of nitrogens with one attached hydrogen (secondary N) is 1. The number of nitrogens with zero attached hydrogens (tertiary/aromatic N) is 2. The van der Waals surface area contributed by atoms with Crippen LogP contribution < -0.4 is 15.0 Å². The number of anilines is 2. The molecule has 1 aliphatic heterocycles. The van der Waals surface area contributed by atoms with E-state index in [4.69, 9.17) is 16.3 Å². The molecule has 8 heteroatoms. The Morgan fingerprint density at radius 1 is 1.00 bits per heavy atom. The van der Waals surface area contributed by atoms with Gasteiger partial charge in [-0.25, -0.2) is 0 Å². The third-order valence-electron chi connectivity index (χ3n) is 5.77. The fourth-order valence-electron chi connectivity index (χ4n) is 3.96. The molecule has 6 nitrogen and oxygen atoms in total. The summed E-state index contributed by atoms with van der Waals surface area (Å²) < 4.78 is 6.26. The van der Waals surface area contributed by atoms with Gasteiger partial charge < -0.3 is 19.9 Å². The van der Waals surface area contributed by atoms with Gasteiger partial charge in [0.15, 0.2) is 0 Å². The number of ether oxygens (including phenoxy) is 1. The number of halogens is 2. The van der Waals surface area contributed by atoms with Crippen LogP contribution in [0.3, 0.4) is 0 Å². The fourth-order valence-corrected chi connectivity index (χ4v) is 4.46. The zero-order valence-electron chi connectivity index (χ0n) is 19.2. The van der Waals surface area contributed by atoms with Crippen LogP contribution in [0.2, 0.25) is 5.02 Å². The number of hydrogen-bond acceptors (Lipinski definition) is 4. The van der Waals surface area contributed by atoms with Gasteiger partial charge in [0.2, 0.25) is 5.91 Å². The molecule has 4 rings (SSSR count). The van der Waals surface area contributed by atoms with E-state index in [-0.39, 0.29) is 11.8 Å². The SMILES string of the molecule is COc1ccc(Br)cc1/C=C/C(=O)Nc1ccccc1N1CCN(C(=O)c2ccc(Cl)cc2)CC1. The molecule has 0 aromatic heterocycles. The van der Waals surface area contributed by atoms with Crippen LogP contribution in [-0.4, -0.2) is 50.0 Å². The number of piperazine rings is 1. The fraction of sp³-hybridized carbons (Fsp3) is 0.185. The van der Waals surface area contributed by atoms with Crippen molar-refractivity contribution in [3.05, 3.63) is 93.4 Å². The largest absolute Gasteiger partial charge is 0.496 e. The van der Waals surface area contributed by atoms with Crippen LogP contribution in [0.5, 0.6) is 5.75 Å². The first-order valence-corrected chi connectivity index (χ1v) is 12.3. The van der Waals surface area contributed by atoms with E-state index in [1.54, 1.807) is 37.5 Å². The Balaban J connectivity index is 1.41. The topological polar surface area (TPSA) is 61.9 Å². The molecular weight excluding hydrogens is 530 g/mol. The van der Waals surface area contributed by atoms with Gasteiger partial charge in [-0.15, -0.1) is 0 Å². The van der Waals surface area contributed by atoms with Crippen LogP contribution in [0.1, 0.15) is 15.9 Å². The maximum Gasteiger partial charge on any atom is 0.253 e. The van der Waals surface area contributed by atoms with Crippen molar-refractivity contribution in [1.82, 2.24) is 4.90 Å². The Hall–Kier alpha value is -3.29. The molecule has 0 aliphatic carbocycles. The zero-order valence-corrected chi connectivity index (χ0v) is 21.6. The lowest BCUT2D eigenvalue weighted by molar-refractivity contribution is -0.111. The highest BCUT2D eigenvalue weighted by Crippen LogP contribution is 2.28. The van der Waals surface area contributed by atoms with Crippen LogP contribution in [0.25, 0.3) is 6.08 Å². The second-order valence-corrected chi connectivity index (χ2v) is 9.36. The minimum absolute atomic E-state index is 0.00369. The first-order chi connectivity index (χ1) is 16.9. The maximum atomic E-state index is 12.8. The molecule has 2 amide bonds. The van der Waals surface area contributed by atoms with Gasteiger partial charge in [0.25, 0.3) is 5.91 Å². The highest BCUT2D eigenvalue weighted by atomic mass is 79.9. The second kappa shape index (κ2) is 11.4. The summed E-state index contributed by atoms with van der Waals surface area (Å²) in [6, 6.07) is 20.3. The molecule has 1 N–H and O–H groups in total. The molecule has 0 saturated carbocycles. The second-order valence-electron chi connectivity index (χ2n) is 8.01. The van der Waals surface area contributed by atoms with Gasteiger partial charge in [-0.2, -0.15) is 0 Å².